The molecule has 6 heavy (non-hydrogen) atoms. The van der Waals surface area contributed by atoms with Gasteiger partial charge < -0.3 is 0 Å². The summed E-state index contributed by atoms with van der Waals surface area (Å²) in [6, 6.07) is 0. The van der Waals surface area contributed by atoms with E-state index < -0.39 is 8.80 Å². The Kier molecular flexibility index (Phi) is 3.88. The lowest BCUT2D eigenvalue weighted by molar-refractivity contribution is 2.00. The summed E-state index contributed by atoms with van der Waals surface area (Å²) in [6.45, 7) is 4.55. The van der Waals surface area contributed by atoms with Crippen LogP contribution in [0.2, 0.25) is 13.1 Å². The van der Waals surface area contributed by atoms with Crippen molar-refractivity contribution in [3.05, 3.63) is 10.7 Å². The fraction of sp³-hybridized carbons (Fsp3) is 0.500. The summed E-state index contributed by atoms with van der Waals surface area (Å²) in [5.41, 5.74) is 2.22. The quantitative estimate of drug-likeness (QED) is 0.520. The van der Waals surface area contributed by atoms with Crippen molar-refractivity contribution in [2.24, 2.45) is 0 Å². The van der Waals surface area contributed by atoms with Gasteiger partial charge in [-0.25, -0.2) is 0 Å². The second kappa shape index (κ2) is 3.62. The number of hydrogen-bond acceptors (Lipinski definition) is 0. The Balaban J connectivity index is 3.03. The van der Waals surface area contributed by atoms with Crippen molar-refractivity contribution < 1.29 is 0 Å². The van der Waals surface area contributed by atoms with E-state index in [2.05, 4.69) is 34.7 Å². The zero-order valence-corrected chi connectivity index (χ0v) is 6.85. The second-order valence-corrected chi connectivity index (χ2v) is 4.96. The van der Waals surface area contributed by atoms with E-state index in [-0.39, 0.29) is 0 Å². The van der Waals surface area contributed by atoms with Gasteiger partial charge in [0.15, 0.2) is 0 Å². The van der Waals surface area contributed by atoms with Crippen LogP contribution in [0.1, 0.15) is 0 Å². The molecule has 0 saturated heterocycles. The van der Waals surface area contributed by atoms with E-state index in [9.17, 15) is 0 Å². The lowest BCUT2D eigenvalue weighted by atomic mass is 11.3. The minimum Gasteiger partial charge on any atom is -0.0914 e. The summed E-state index contributed by atoms with van der Waals surface area (Å²) in [7, 11) is -0.398. The molecule has 0 fully saturated rings. The molecule has 0 N–H and O–H groups in total. The Labute approximate surface area is 49.0 Å². The maximum absolute atomic E-state index is 3.20. The minimum absolute atomic E-state index is 0.398. The minimum atomic E-state index is -0.398. The van der Waals surface area contributed by atoms with Crippen LogP contribution in [0.3, 0.4) is 0 Å². The van der Waals surface area contributed by atoms with Gasteiger partial charge in [-0.1, -0.05) is 34.7 Å². The van der Waals surface area contributed by atoms with Gasteiger partial charge in [-0.15, -0.1) is 0 Å². The van der Waals surface area contributed by atoms with E-state index >= 15 is 0 Å². The zero-order chi connectivity index (χ0) is 4.99. The molecule has 0 aromatic heterocycles. The van der Waals surface area contributed by atoms with E-state index in [1.165, 1.54) is 0 Å². The molecule has 0 nitrogen and oxygen atoms in total. The van der Waals surface area contributed by atoms with Crippen molar-refractivity contribution in [1.82, 2.24) is 0 Å². The molecule has 0 aromatic carbocycles. The van der Waals surface area contributed by atoms with Crippen LogP contribution in [-0.2, 0) is 0 Å². The Bertz CT molecular complexity index is 49.5. The molecule has 0 rings (SSSR count). The topological polar surface area (TPSA) is 0 Å². The fourth-order valence-corrected chi connectivity index (χ4v) is 2.27. The van der Waals surface area contributed by atoms with E-state index in [1.54, 1.807) is 0 Å². The average molecular weight is 165 g/mol. The van der Waals surface area contributed by atoms with Crippen LogP contribution in [0, 0.1) is 0 Å². The Morgan fingerprint density at radius 2 is 2.00 bits per heavy atom. The first-order chi connectivity index (χ1) is 2.77. The molecule has 0 unspecified atom stereocenters. The molecule has 0 aliphatic rings. The molecule has 0 saturated carbocycles. The predicted molar refractivity (Wildman–Crippen MR) is 36.9 cm³/mol. The third kappa shape index (κ3) is 4.44. The van der Waals surface area contributed by atoms with Crippen LogP contribution in [0.5, 0.6) is 0 Å². The van der Waals surface area contributed by atoms with E-state index in [4.69, 9.17) is 0 Å². The standard InChI is InChI=1S/C4H9BrSi/c1-6(2)4-3-5/h3-4,6H,1-2H3. The largest absolute Gasteiger partial charge is 0.0914 e. The summed E-state index contributed by atoms with van der Waals surface area (Å²) in [6.07, 6.45) is 0. The zero-order valence-electron chi connectivity index (χ0n) is 4.11. The average Bonchev–Trinajstić information content (AvgIpc) is 1.35. The van der Waals surface area contributed by atoms with E-state index in [1.807, 2.05) is 4.99 Å². The molecule has 0 spiro atoms. The highest BCUT2D eigenvalue weighted by molar-refractivity contribution is 9.11. The van der Waals surface area contributed by atoms with E-state index in [0.29, 0.717) is 0 Å². The highest BCUT2D eigenvalue weighted by atomic mass is 79.9. The van der Waals surface area contributed by atoms with Gasteiger partial charge in [-0.05, 0) is 4.99 Å². The van der Waals surface area contributed by atoms with Gasteiger partial charge in [-0.3, -0.25) is 0 Å². The molecule has 36 valence electrons. The fourth-order valence-electron chi connectivity index (χ4n) is 0.145. The third-order valence-electron chi connectivity index (χ3n) is 0.458. The maximum atomic E-state index is 3.20. The van der Waals surface area contributed by atoms with Gasteiger partial charge >= 0.3 is 0 Å². The second-order valence-electron chi connectivity index (χ2n) is 1.56. The first-order valence-electron chi connectivity index (χ1n) is 2.04. The molecule has 0 aliphatic heterocycles. The van der Waals surface area contributed by atoms with Gasteiger partial charge in [0.2, 0.25) is 0 Å². The Morgan fingerprint density at radius 3 is 2.00 bits per heavy atom. The number of hydrogen-bond donors (Lipinski definition) is 0. The third-order valence-corrected chi connectivity index (χ3v) is 2.29. The van der Waals surface area contributed by atoms with Crippen LogP contribution in [0.25, 0.3) is 0 Å². The van der Waals surface area contributed by atoms with Crippen LogP contribution >= 0.6 is 15.9 Å². The molecule has 2 heteroatoms. The Morgan fingerprint density at radius 1 is 1.50 bits per heavy atom. The summed E-state index contributed by atoms with van der Waals surface area (Å²) in [5, 5.41) is 0. The predicted octanol–water partition coefficient (Wildman–Crippen LogP) is 1.92. The molecule has 0 amide bonds. The lowest BCUT2D eigenvalue weighted by Gasteiger charge is -1.83. The lowest BCUT2D eigenvalue weighted by Crippen LogP contribution is -1.90. The molecule has 0 heterocycles. The van der Waals surface area contributed by atoms with Crippen molar-refractivity contribution in [3.8, 4) is 0 Å². The number of halogens is 1. The first kappa shape index (κ1) is 6.44. The highest BCUT2D eigenvalue weighted by Gasteiger charge is 1.80. The normalized spacial score (nSPS) is 11.3. The van der Waals surface area contributed by atoms with Gasteiger partial charge in [-0.2, -0.15) is 0 Å². The summed E-state index contributed by atoms with van der Waals surface area (Å²) in [4.78, 5) is 1.95. The van der Waals surface area contributed by atoms with Crippen molar-refractivity contribution in [3.63, 3.8) is 0 Å². The van der Waals surface area contributed by atoms with Crippen LogP contribution < -0.4 is 0 Å². The molecular weight excluding hydrogens is 156 g/mol. The van der Waals surface area contributed by atoms with Crippen molar-refractivity contribution in [2.75, 3.05) is 0 Å². The summed E-state index contributed by atoms with van der Waals surface area (Å²) in [5.74, 6) is 0. The van der Waals surface area contributed by atoms with Crippen LogP contribution in [0.4, 0.5) is 0 Å². The molecule has 0 atom stereocenters. The van der Waals surface area contributed by atoms with Crippen LogP contribution in [0.15, 0.2) is 10.7 Å². The Hall–Kier alpha value is 0.437. The molecule has 0 radical (unpaired) electrons. The van der Waals surface area contributed by atoms with Gasteiger partial charge in [0.05, 0.1) is 8.80 Å². The SMILES string of the molecule is C[SiH](C)C=CBr. The maximum Gasteiger partial charge on any atom is 0.0560 e. The van der Waals surface area contributed by atoms with Gasteiger partial charge in [0, 0.05) is 0 Å². The smallest absolute Gasteiger partial charge is 0.0560 e. The number of rotatable bonds is 1. The summed E-state index contributed by atoms with van der Waals surface area (Å²) >= 11 is 3.20. The molecular formula is C4H9BrSi. The monoisotopic (exact) mass is 164 g/mol. The van der Waals surface area contributed by atoms with Crippen molar-refractivity contribution >= 4 is 24.7 Å². The summed E-state index contributed by atoms with van der Waals surface area (Å²) < 4.78 is 0. The molecule has 0 aliphatic carbocycles. The highest BCUT2D eigenvalue weighted by Crippen LogP contribution is 1.86. The molecule has 0 bridgehead atoms. The van der Waals surface area contributed by atoms with Gasteiger partial charge in [0.1, 0.15) is 0 Å². The first-order valence-corrected chi connectivity index (χ1v) is 5.93. The van der Waals surface area contributed by atoms with E-state index in [0.717, 1.165) is 0 Å². The van der Waals surface area contributed by atoms with Crippen molar-refractivity contribution in [2.45, 2.75) is 13.1 Å². The molecule has 0 aromatic rings. The van der Waals surface area contributed by atoms with Crippen LogP contribution in [-0.4, -0.2) is 8.80 Å². The van der Waals surface area contributed by atoms with Gasteiger partial charge in [0.25, 0.3) is 0 Å². The van der Waals surface area contributed by atoms with Crippen molar-refractivity contribution in [1.29, 1.82) is 0 Å².